The molecule has 0 aliphatic carbocycles. The van der Waals surface area contributed by atoms with E-state index in [9.17, 15) is 9.59 Å². The summed E-state index contributed by atoms with van der Waals surface area (Å²) in [7, 11) is 0. The monoisotopic (exact) mass is 353 g/mol. The first kappa shape index (κ1) is 18.7. The van der Waals surface area contributed by atoms with Crippen molar-refractivity contribution in [3.63, 3.8) is 0 Å². The highest BCUT2D eigenvalue weighted by molar-refractivity contribution is 7.99. The summed E-state index contributed by atoms with van der Waals surface area (Å²) < 4.78 is 10.6. The number of carbonyl (C=O) groups is 2. The van der Waals surface area contributed by atoms with Crippen LogP contribution in [0.25, 0.3) is 0 Å². The molecule has 1 aliphatic heterocycles. The van der Waals surface area contributed by atoms with Crippen LogP contribution in [0, 0.1) is 13.8 Å². The van der Waals surface area contributed by atoms with Crippen LogP contribution in [-0.4, -0.2) is 64.4 Å². The van der Waals surface area contributed by atoms with Gasteiger partial charge in [0.1, 0.15) is 0 Å². The smallest absolute Gasteiger partial charge is 0.316 e. The molecule has 1 fully saturated rings. The normalized spacial score (nSPS) is 20.8. The largest absolute Gasteiger partial charge is 0.455 e. The van der Waals surface area contributed by atoms with E-state index in [0.29, 0.717) is 18.2 Å². The molecule has 1 aromatic rings. The molecule has 2 unspecified atom stereocenters. The summed E-state index contributed by atoms with van der Waals surface area (Å²) in [6.45, 7) is 8.38. The Labute approximate surface area is 146 Å². The van der Waals surface area contributed by atoms with Crippen LogP contribution in [0.5, 0.6) is 0 Å². The molecule has 7 nitrogen and oxygen atoms in total. The van der Waals surface area contributed by atoms with Crippen molar-refractivity contribution in [1.82, 2.24) is 14.9 Å². The molecule has 0 N–H and O–H groups in total. The first-order valence-electron chi connectivity index (χ1n) is 7.87. The highest BCUT2D eigenvalue weighted by atomic mass is 32.2. The zero-order chi connectivity index (χ0) is 17.7. The summed E-state index contributed by atoms with van der Waals surface area (Å²) in [6, 6.07) is 1.87. The second-order valence-electron chi connectivity index (χ2n) is 5.94. The Hall–Kier alpha value is -1.67. The van der Waals surface area contributed by atoms with Gasteiger partial charge in [0.15, 0.2) is 11.8 Å². The topological polar surface area (TPSA) is 81.6 Å². The molecule has 0 spiro atoms. The third-order valence-corrected chi connectivity index (χ3v) is 4.23. The molecule has 8 heteroatoms. The number of esters is 1. The lowest BCUT2D eigenvalue weighted by molar-refractivity contribution is -0.155. The van der Waals surface area contributed by atoms with Crippen molar-refractivity contribution in [2.45, 2.75) is 45.1 Å². The number of hydrogen-bond donors (Lipinski definition) is 0. The average Bonchev–Trinajstić information content (AvgIpc) is 2.48. The fraction of sp³-hybridized carbons (Fsp3) is 0.625. The van der Waals surface area contributed by atoms with Crippen LogP contribution in [0.3, 0.4) is 0 Å². The number of thioether (sulfide) groups is 1. The van der Waals surface area contributed by atoms with E-state index in [1.807, 2.05) is 33.8 Å². The number of rotatable bonds is 5. The summed E-state index contributed by atoms with van der Waals surface area (Å²) in [4.78, 5) is 34.1. The van der Waals surface area contributed by atoms with Crippen molar-refractivity contribution in [2.24, 2.45) is 0 Å². The summed E-state index contributed by atoms with van der Waals surface area (Å²) in [6.07, 6.45) is -0.0173. The Balaban J connectivity index is 1.75. The van der Waals surface area contributed by atoms with Crippen LogP contribution in [0.2, 0.25) is 0 Å². The van der Waals surface area contributed by atoms with Gasteiger partial charge in [-0.15, -0.1) is 0 Å². The molecule has 0 radical (unpaired) electrons. The van der Waals surface area contributed by atoms with Crippen LogP contribution in [0.4, 0.5) is 0 Å². The number of amides is 1. The minimum atomic E-state index is -0.453. The minimum Gasteiger partial charge on any atom is -0.455 e. The molecule has 0 aromatic carbocycles. The minimum absolute atomic E-state index is 0.00864. The second-order valence-corrected chi connectivity index (χ2v) is 6.88. The van der Waals surface area contributed by atoms with Gasteiger partial charge in [0.2, 0.25) is 0 Å². The van der Waals surface area contributed by atoms with E-state index in [1.54, 1.807) is 4.90 Å². The van der Waals surface area contributed by atoms with Crippen molar-refractivity contribution >= 4 is 23.6 Å². The highest BCUT2D eigenvalue weighted by Crippen LogP contribution is 2.14. The molecule has 2 heterocycles. The third-order valence-electron chi connectivity index (χ3n) is 3.41. The lowest BCUT2D eigenvalue weighted by Crippen LogP contribution is -2.49. The van der Waals surface area contributed by atoms with E-state index in [0.717, 1.165) is 11.4 Å². The van der Waals surface area contributed by atoms with Gasteiger partial charge in [-0.2, -0.15) is 0 Å². The van der Waals surface area contributed by atoms with E-state index < -0.39 is 5.97 Å². The van der Waals surface area contributed by atoms with Gasteiger partial charge < -0.3 is 14.4 Å². The summed E-state index contributed by atoms with van der Waals surface area (Å²) >= 11 is 1.20. The Kier molecular flexibility index (Phi) is 6.56. The van der Waals surface area contributed by atoms with Crippen LogP contribution < -0.4 is 0 Å². The predicted molar refractivity (Wildman–Crippen MR) is 89.8 cm³/mol. The summed E-state index contributed by atoms with van der Waals surface area (Å²) in [5.41, 5.74) is 1.70. The Morgan fingerprint density at radius 3 is 2.42 bits per heavy atom. The quantitative estimate of drug-likeness (QED) is 0.449. The summed E-state index contributed by atoms with van der Waals surface area (Å²) in [5, 5.41) is 0.534. The number of ether oxygens (including phenoxy) is 2. The Bertz CT molecular complexity index is 581. The van der Waals surface area contributed by atoms with Crippen molar-refractivity contribution in [3.05, 3.63) is 17.5 Å². The van der Waals surface area contributed by atoms with Crippen molar-refractivity contribution in [3.8, 4) is 0 Å². The standard InChI is InChI=1S/C16H23N3O4S/c1-10-5-11(2)18-16(17-10)24-9-15(21)22-8-14(20)19-6-12(3)23-13(4)7-19/h5,12-13H,6-9H2,1-4H3. The second kappa shape index (κ2) is 8.43. The molecule has 1 aliphatic rings. The lowest BCUT2D eigenvalue weighted by Gasteiger charge is -2.35. The van der Waals surface area contributed by atoms with E-state index in [-0.39, 0.29) is 30.5 Å². The number of carbonyl (C=O) groups excluding carboxylic acids is 2. The fourth-order valence-corrected chi connectivity index (χ4v) is 3.29. The molecule has 2 atom stereocenters. The van der Waals surface area contributed by atoms with Crippen molar-refractivity contribution in [1.29, 1.82) is 0 Å². The number of aromatic nitrogens is 2. The van der Waals surface area contributed by atoms with E-state index >= 15 is 0 Å². The number of nitrogens with zero attached hydrogens (tertiary/aromatic N) is 3. The molecule has 1 saturated heterocycles. The third kappa shape index (κ3) is 5.76. The zero-order valence-electron chi connectivity index (χ0n) is 14.4. The van der Waals surface area contributed by atoms with Gasteiger partial charge in [-0.1, -0.05) is 11.8 Å². The zero-order valence-corrected chi connectivity index (χ0v) is 15.3. The number of hydrogen-bond acceptors (Lipinski definition) is 7. The highest BCUT2D eigenvalue weighted by Gasteiger charge is 2.26. The van der Waals surface area contributed by atoms with E-state index in [4.69, 9.17) is 9.47 Å². The van der Waals surface area contributed by atoms with E-state index in [2.05, 4.69) is 9.97 Å². The van der Waals surface area contributed by atoms with Gasteiger partial charge >= 0.3 is 5.97 Å². The molecule has 24 heavy (non-hydrogen) atoms. The maximum Gasteiger partial charge on any atom is 0.316 e. The first-order chi connectivity index (χ1) is 11.3. The van der Waals surface area contributed by atoms with Crippen molar-refractivity contribution in [2.75, 3.05) is 25.4 Å². The van der Waals surface area contributed by atoms with Gasteiger partial charge in [0, 0.05) is 24.5 Å². The van der Waals surface area contributed by atoms with Gasteiger partial charge in [-0.05, 0) is 33.8 Å². The predicted octanol–water partition coefficient (Wildman–Crippen LogP) is 1.36. The Morgan fingerprint density at radius 2 is 1.83 bits per heavy atom. The Morgan fingerprint density at radius 1 is 1.25 bits per heavy atom. The molecule has 2 rings (SSSR count). The van der Waals surface area contributed by atoms with Gasteiger partial charge in [0.25, 0.3) is 5.91 Å². The maximum atomic E-state index is 12.1. The first-order valence-corrected chi connectivity index (χ1v) is 8.86. The molecular formula is C16H23N3O4S. The average molecular weight is 353 g/mol. The maximum absolute atomic E-state index is 12.1. The van der Waals surface area contributed by atoms with E-state index in [1.165, 1.54) is 11.8 Å². The van der Waals surface area contributed by atoms with Crippen LogP contribution >= 0.6 is 11.8 Å². The van der Waals surface area contributed by atoms with Gasteiger partial charge in [0.05, 0.1) is 18.0 Å². The van der Waals surface area contributed by atoms with Crippen LogP contribution in [-0.2, 0) is 19.1 Å². The van der Waals surface area contributed by atoms with Crippen LogP contribution in [0.1, 0.15) is 25.2 Å². The van der Waals surface area contributed by atoms with Gasteiger partial charge in [-0.25, -0.2) is 9.97 Å². The molecule has 1 aromatic heterocycles. The molecule has 0 saturated carbocycles. The van der Waals surface area contributed by atoms with Gasteiger partial charge in [-0.3, -0.25) is 9.59 Å². The lowest BCUT2D eigenvalue weighted by atomic mass is 10.2. The number of morpholine rings is 1. The molecule has 0 bridgehead atoms. The molecule has 1 amide bonds. The van der Waals surface area contributed by atoms with Crippen LogP contribution in [0.15, 0.2) is 11.2 Å². The SMILES string of the molecule is Cc1cc(C)nc(SCC(=O)OCC(=O)N2CC(C)OC(C)C2)n1. The molecule has 132 valence electrons. The fourth-order valence-electron chi connectivity index (χ4n) is 2.54. The summed E-state index contributed by atoms with van der Waals surface area (Å²) in [5.74, 6) is -0.574. The molecular weight excluding hydrogens is 330 g/mol. The number of aryl methyl sites for hydroxylation is 2. The van der Waals surface area contributed by atoms with Crippen molar-refractivity contribution < 1.29 is 19.1 Å².